The van der Waals surface area contributed by atoms with Gasteiger partial charge in [0.15, 0.2) is 0 Å². The Morgan fingerprint density at radius 1 is 1.56 bits per heavy atom. The molecule has 0 aromatic heterocycles. The number of benzene rings is 1. The van der Waals surface area contributed by atoms with Crippen molar-refractivity contribution in [2.75, 3.05) is 0 Å². The molecule has 86 valence electrons. The topological polar surface area (TPSA) is 38.0 Å². The first-order valence-corrected chi connectivity index (χ1v) is 5.73. The molecule has 0 aliphatic carbocycles. The minimum atomic E-state index is 0.118. The van der Waals surface area contributed by atoms with Crippen molar-refractivity contribution in [2.45, 2.75) is 32.2 Å². The summed E-state index contributed by atoms with van der Waals surface area (Å²) >= 11 is 6.08. The molecule has 1 aromatic rings. The Balaban J connectivity index is 2.79. The molecule has 3 N–H and O–H groups in total. The third kappa shape index (κ3) is 3.24. The van der Waals surface area contributed by atoms with Gasteiger partial charge >= 0.3 is 0 Å². The largest absolute Gasteiger partial charge is 0.271 e. The van der Waals surface area contributed by atoms with Gasteiger partial charge in [-0.3, -0.25) is 11.3 Å². The van der Waals surface area contributed by atoms with Crippen LogP contribution in [0.1, 0.15) is 36.4 Å². The van der Waals surface area contributed by atoms with E-state index in [2.05, 4.69) is 11.3 Å². The van der Waals surface area contributed by atoms with Gasteiger partial charge in [0.1, 0.15) is 0 Å². The van der Waals surface area contributed by atoms with E-state index in [0.717, 1.165) is 35.4 Å². The van der Waals surface area contributed by atoms with Crippen molar-refractivity contribution in [3.05, 3.63) is 34.3 Å². The predicted molar refractivity (Wildman–Crippen MR) is 68.9 cm³/mol. The summed E-state index contributed by atoms with van der Waals surface area (Å²) < 4.78 is 0. The summed E-state index contributed by atoms with van der Waals surface area (Å²) in [7, 11) is 0. The van der Waals surface area contributed by atoms with Crippen molar-refractivity contribution in [3.8, 4) is 12.3 Å². The zero-order valence-corrected chi connectivity index (χ0v) is 10.2. The van der Waals surface area contributed by atoms with Crippen LogP contribution < -0.4 is 11.3 Å². The molecular weight excluding hydrogens is 220 g/mol. The van der Waals surface area contributed by atoms with E-state index in [1.54, 1.807) is 0 Å². The number of halogens is 1. The lowest BCUT2D eigenvalue weighted by atomic mass is 9.97. The molecule has 0 aliphatic rings. The van der Waals surface area contributed by atoms with Gasteiger partial charge in [-0.25, -0.2) is 0 Å². The van der Waals surface area contributed by atoms with E-state index in [1.807, 2.05) is 25.1 Å². The van der Waals surface area contributed by atoms with Crippen LogP contribution in [0.4, 0.5) is 0 Å². The van der Waals surface area contributed by atoms with E-state index in [0.29, 0.717) is 0 Å². The standard InChI is InChI=1S/C13H17ClN2/c1-3-4-5-9-13(16-15)11-7-6-8-12(14)10(11)2/h1,6-8,13,16H,4-5,9,15H2,2H3. The number of nitrogens with one attached hydrogen (secondary N) is 1. The highest BCUT2D eigenvalue weighted by molar-refractivity contribution is 6.31. The van der Waals surface area contributed by atoms with E-state index in [-0.39, 0.29) is 6.04 Å². The van der Waals surface area contributed by atoms with E-state index >= 15 is 0 Å². The number of nitrogens with two attached hydrogens (primary N) is 1. The number of unbranched alkanes of at least 4 members (excludes halogenated alkanes) is 1. The van der Waals surface area contributed by atoms with Gasteiger partial charge in [-0.2, -0.15) is 0 Å². The summed E-state index contributed by atoms with van der Waals surface area (Å²) in [6.07, 6.45) is 7.88. The fraction of sp³-hybridized carbons (Fsp3) is 0.385. The lowest BCUT2D eigenvalue weighted by molar-refractivity contribution is 0.500. The molecule has 1 rings (SSSR count). The lowest BCUT2D eigenvalue weighted by Gasteiger charge is -2.18. The van der Waals surface area contributed by atoms with Crippen LogP contribution in [-0.2, 0) is 0 Å². The van der Waals surface area contributed by atoms with Gasteiger partial charge in [-0.15, -0.1) is 12.3 Å². The third-order valence-electron chi connectivity index (χ3n) is 2.70. The van der Waals surface area contributed by atoms with Gasteiger partial charge in [0.25, 0.3) is 0 Å². The second-order valence-corrected chi connectivity index (χ2v) is 4.18. The summed E-state index contributed by atoms with van der Waals surface area (Å²) in [5.41, 5.74) is 5.04. The first kappa shape index (κ1) is 13.1. The highest BCUT2D eigenvalue weighted by atomic mass is 35.5. The van der Waals surface area contributed by atoms with Gasteiger partial charge in [0, 0.05) is 17.5 Å². The number of terminal acetylenes is 1. The summed E-state index contributed by atoms with van der Waals surface area (Å²) in [4.78, 5) is 0. The number of hydrogen-bond acceptors (Lipinski definition) is 2. The Kier molecular flexibility index (Phi) is 5.34. The van der Waals surface area contributed by atoms with Crippen molar-refractivity contribution in [1.82, 2.24) is 5.43 Å². The molecule has 0 spiro atoms. The molecule has 0 heterocycles. The Morgan fingerprint density at radius 3 is 2.94 bits per heavy atom. The van der Waals surface area contributed by atoms with Crippen LogP contribution in [0.3, 0.4) is 0 Å². The first-order chi connectivity index (χ1) is 7.70. The van der Waals surface area contributed by atoms with E-state index in [1.165, 1.54) is 0 Å². The molecule has 3 heteroatoms. The Bertz CT molecular complexity index is 382. The highest BCUT2D eigenvalue weighted by Gasteiger charge is 2.12. The monoisotopic (exact) mass is 236 g/mol. The summed E-state index contributed by atoms with van der Waals surface area (Å²) in [6.45, 7) is 2.00. The molecule has 0 saturated heterocycles. The average Bonchev–Trinajstić information content (AvgIpc) is 2.29. The van der Waals surface area contributed by atoms with Gasteiger partial charge in [0.2, 0.25) is 0 Å². The zero-order chi connectivity index (χ0) is 12.0. The highest BCUT2D eigenvalue weighted by Crippen LogP contribution is 2.26. The van der Waals surface area contributed by atoms with Crippen LogP contribution >= 0.6 is 11.6 Å². The molecule has 1 aromatic carbocycles. The second-order valence-electron chi connectivity index (χ2n) is 3.77. The molecule has 0 bridgehead atoms. The normalized spacial score (nSPS) is 12.1. The summed E-state index contributed by atoms with van der Waals surface area (Å²) in [6, 6.07) is 5.99. The van der Waals surface area contributed by atoms with Crippen molar-refractivity contribution in [1.29, 1.82) is 0 Å². The van der Waals surface area contributed by atoms with Crippen LogP contribution in [0, 0.1) is 19.3 Å². The van der Waals surface area contributed by atoms with Crippen LogP contribution in [0.5, 0.6) is 0 Å². The van der Waals surface area contributed by atoms with Crippen molar-refractivity contribution >= 4 is 11.6 Å². The maximum atomic E-state index is 6.08. The summed E-state index contributed by atoms with van der Waals surface area (Å²) in [5.74, 6) is 8.19. The zero-order valence-electron chi connectivity index (χ0n) is 9.46. The van der Waals surface area contributed by atoms with E-state index in [9.17, 15) is 0 Å². The molecule has 1 unspecified atom stereocenters. The van der Waals surface area contributed by atoms with Gasteiger partial charge in [-0.05, 0) is 37.0 Å². The Morgan fingerprint density at radius 2 is 2.31 bits per heavy atom. The number of hydrogen-bond donors (Lipinski definition) is 2. The summed E-state index contributed by atoms with van der Waals surface area (Å²) in [5, 5.41) is 0.773. The van der Waals surface area contributed by atoms with Crippen molar-refractivity contribution < 1.29 is 0 Å². The molecule has 0 saturated carbocycles. The molecule has 0 aliphatic heterocycles. The third-order valence-corrected chi connectivity index (χ3v) is 3.11. The first-order valence-electron chi connectivity index (χ1n) is 5.35. The van der Waals surface area contributed by atoms with E-state index < -0.39 is 0 Å². The van der Waals surface area contributed by atoms with Crippen LogP contribution in [0.15, 0.2) is 18.2 Å². The molecular formula is C13H17ClN2. The molecule has 1 atom stereocenters. The van der Waals surface area contributed by atoms with Crippen molar-refractivity contribution in [3.63, 3.8) is 0 Å². The van der Waals surface area contributed by atoms with Crippen LogP contribution in [-0.4, -0.2) is 0 Å². The smallest absolute Gasteiger partial charge is 0.0463 e. The van der Waals surface area contributed by atoms with Crippen molar-refractivity contribution in [2.24, 2.45) is 5.84 Å². The molecule has 16 heavy (non-hydrogen) atoms. The molecule has 0 fully saturated rings. The maximum Gasteiger partial charge on any atom is 0.0463 e. The fourth-order valence-electron chi connectivity index (χ4n) is 1.74. The molecule has 0 radical (unpaired) electrons. The second kappa shape index (κ2) is 6.55. The molecule has 0 amide bonds. The molecule has 2 nitrogen and oxygen atoms in total. The van der Waals surface area contributed by atoms with Gasteiger partial charge in [-0.1, -0.05) is 23.7 Å². The predicted octanol–water partition coefficient (Wildman–Crippen LogP) is 2.96. The minimum absolute atomic E-state index is 0.118. The number of rotatable bonds is 5. The Labute approximate surface area is 102 Å². The SMILES string of the molecule is C#CCCCC(NN)c1cccc(Cl)c1C. The van der Waals surface area contributed by atoms with Gasteiger partial charge < -0.3 is 0 Å². The van der Waals surface area contributed by atoms with E-state index in [4.69, 9.17) is 23.9 Å². The Hall–Kier alpha value is -1.01. The number of hydrazine groups is 1. The maximum absolute atomic E-state index is 6.08. The average molecular weight is 237 g/mol. The fourth-order valence-corrected chi connectivity index (χ4v) is 1.92. The van der Waals surface area contributed by atoms with Crippen LogP contribution in [0.25, 0.3) is 0 Å². The lowest BCUT2D eigenvalue weighted by Crippen LogP contribution is -2.28. The minimum Gasteiger partial charge on any atom is -0.271 e. The van der Waals surface area contributed by atoms with Gasteiger partial charge in [0.05, 0.1) is 0 Å². The van der Waals surface area contributed by atoms with Crippen LogP contribution in [0.2, 0.25) is 5.02 Å². The quantitative estimate of drug-likeness (QED) is 0.357.